The molecule has 2 aliphatic rings. The van der Waals surface area contributed by atoms with E-state index < -0.39 is 71.9 Å². The maximum atomic E-state index is 12.1. The topological polar surface area (TPSA) is 271 Å². The van der Waals surface area contributed by atoms with E-state index >= 15 is 0 Å². The number of phosphoric ester groups is 2. The Balaban J connectivity index is 1.30. The number of aliphatic hydroxyl groups is 4. The molecule has 0 radical (unpaired) electrons. The summed E-state index contributed by atoms with van der Waals surface area (Å²) in [6.45, 7) is -1.58. The van der Waals surface area contributed by atoms with Gasteiger partial charge in [0.1, 0.15) is 42.5 Å². The summed E-state index contributed by atoms with van der Waals surface area (Å²) in [7, 11) is -10.4. The van der Waals surface area contributed by atoms with Gasteiger partial charge in [-0.1, -0.05) is 0 Å². The van der Waals surface area contributed by atoms with Crippen LogP contribution in [0.4, 0.5) is 5.82 Å². The predicted molar refractivity (Wildman–Crippen MR) is 110 cm³/mol. The zero-order valence-electron chi connectivity index (χ0n) is 17.6. The molecule has 2 aromatic rings. The molecule has 0 aromatic carbocycles. The SMILES string of the molecule is Nc1ncnc2c1ncn2[C@H]1C[C@@H](O)[C@@H](COP(=O)(O)OP(=O)(O)OC[C@H]2O[C@H](O)[C@@H](O)C2O)O1. The number of aromatic nitrogens is 4. The first kappa shape index (κ1) is 26.4. The lowest BCUT2D eigenvalue weighted by atomic mass is 10.1. The summed E-state index contributed by atoms with van der Waals surface area (Å²) in [5, 5.41) is 38.6. The highest BCUT2D eigenvalue weighted by molar-refractivity contribution is 7.61. The number of ether oxygens (including phenoxy) is 2. The molecule has 2 saturated heterocycles. The number of fused-ring (bicyclic) bond motifs is 1. The predicted octanol–water partition coefficient (Wildman–Crippen LogP) is -2.25. The van der Waals surface area contributed by atoms with E-state index in [1.807, 2.05) is 0 Å². The first-order valence-corrected chi connectivity index (χ1v) is 13.0. The van der Waals surface area contributed by atoms with Crippen molar-refractivity contribution in [2.45, 2.75) is 49.5 Å². The van der Waals surface area contributed by atoms with Crippen LogP contribution in [0.2, 0.25) is 0 Å². The van der Waals surface area contributed by atoms with Crippen molar-refractivity contribution in [1.29, 1.82) is 0 Å². The molecule has 2 aliphatic heterocycles. The fraction of sp³-hybridized carbons (Fsp3) is 0.667. The first-order chi connectivity index (χ1) is 16.4. The average Bonchev–Trinajstić information content (AvgIpc) is 3.43. The maximum absolute atomic E-state index is 12.1. The lowest BCUT2D eigenvalue weighted by Crippen LogP contribution is -2.34. The van der Waals surface area contributed by atoms with Gasteiger partial charge in [0.15, 0.2) is 17.8 Å². The third-order valence-corrected chi connectivity index (χ3v) is 7.85. The van der Waals surface area contributed by atoms with Crippen molar-refractivity contribution >= 4 is 32.6 Å². The Morgan fingerprint density at radius 2 is 1.66 bits per heavy atom. The summed E-state index contributed by atoms with van der Waals surface area (Å²) in [5.41, 5.74) is 6.39. The number of imidazole rings is 1. The summed E-state index contributed by atoms with van der Waals surface area (Å²) in [6, 6.07) is 0. The van der Waals surface area contributed by atoms with Crippen molar-refractivity contribution in [3.63, 3.8) is 0 Å². The third kappa shape index (κ3) is 5.86. The number of nitrogens with zero attached hydrogens (tertiary/aromatic N) is 4. The molecule has 35 heavy (non-hydrogen) atoms. The Labute approximate surface area is 196 Å². The second kappa shape index (κ2) is 10.0. The number of anilines is 1. The average molecular weight is 543 g/mol. The molecular weight excluding hydrogens is 520 g/mol. The highest BCUT2D eigenvalue weighted by Gasteiger charge is 2.45. The molecule has 8 N–H and O–H groups in total. The molecule has 2 aromatic heterocycles. The van der Waals surface area contributed by atoms with Gasteiger partial charge in [-0.25, -0.2) is 24.1 Å². The van der Waals surface area contributed by atoms with Gasteiger partial charge in [0, 0.05) is 6.42 Å². The van der Waals surface area contributed by atoms with Crippen LogP contribution in [0.1, 0.15) is 12.6 Å². The maximum Gasteiger partial charge on any atom is 0.481 e. The van der Waals surface area contributed by atoms with E-state index in [4.69, 9.17) is 15.2 Å². The minimum Gasteiger partial charge on any atom is -0.390 e. The third-order valence-electron chi connectivity index (χ3n) is 5.25. The number of nitrogen functional groups attached to an aromatic ring is 1. The van der Waals surface area contributed by atoms with E-state index in [1.54, 1.807) is 0 Å². The second-order valence-corrected chi connectivity index (χ2v) is 10.7. The molecule has 4 heterocycles. The number of rotatable bonds is 9. The van der Waals surface area contributed by atoms with Gasteiger partial charge in [-0.15, -0.1) is 0 Å². The molecule has 0 saturated carbocycles. The van der Waals surface area contributed by atoms with Crippen LogP contribution in [0, 0.1) is 0 Å². The van der Waals surface area contributed by atoms with Crippen LogP contribution in [0.25, 0.3) is 11.2 Å². The monoisotopic (exact) mass is 543 g/mol. The Bertz CT molecular complexity index is 1150. The Morgan fingerprint density at radius 1 is 1.00 bits per heavy atom. The van der Waals surface area contributed by atoms with E-state index in [0.717, 1.165) is 0 Å². The Kier molecular flexibility index (Phi) is 7.57. The summed E-state index contributed by atoms with van der Waals surface area (Å²) >= 11 is 0. The molecule has 4 rings (SSSR count). The van der Waals surface area contributed by atoms with E-state index in [2.05, 4.69) is 28.3 Å². The van der Waals surface area contributed by atoms with Gasteiger partial charge in [0.2, 0.25) is 0 Å². The largest absolute Gasteiger partial charge is 0.481 e. The van der Waals surface area contributed by atoms with Gasteiger partial charge in [-0.05, 0) is 0 Å². The van der Waals surface area contributed by atoms with Crippen LogP contribution in [-0.2, 0) is 32.0 Å². The van der Waals surface area contributed by atoms with Gasteiger partial charge in [0.25, 0.3) is 0 Å². The van der Waals surface area contributed by atoms with E-state index in [-0.39, 0.29) is 12.2 Å². The second-order valence-electron chi connectivity index (χ2n) is 7.67. The van der Waals surface area contributed by atoms with Gasteiger partial charge in [0.05, 0.1) is 25.6 Å². The quantitative estimate of drug-likeness (QED) is 0.164. The van der Waals surface area contributed by atoms with Gasteiger partial charge < -0.3 is 45.4 Å². The number of aliphatic hydroxyl groups excluding tert-OH is 4. The Morgan fingerprint density at radius 3 is 2.29 bits per heavy atom. The fourth-order valence-electron chi connectivity index (χ4n) is 3.50. The number of phosphoric acid groups is 2. The molecular formula is C15H23N5O13P2. The van der Waals surface area contributed by atoms with Gasteiger partial charge >= 0.3 is 15.6 Å². The standard InChI is InChI=1S/C15H23N5O13P2/c16-13-10-14(18-4-17-13)20(5-19-10)9-1-6(21)7(31-9)2-29-34(25,26)33-35(27,28)30-3-8-11(22)12(23)15(24)32-8/h4-9,11-12,15,21-24H,1-3H2,(H,25,26)(H,27,28)(H2,16,17,18)/t6-,7-,8-,9-,11?,12+,15+/m1/s1. The van der Waals surface area contributed by atoms with Crippen molar-refractivity contribution in [2.75, 3.05) is 18.9 Å². The van der Waals surface area contributed by atoms with Crippen LogP contribution in [0.15, 0.2) is 12.7 Å². The normalized spacial score (nSPS) is 34.7. The van der Waals surface area contributed by atoms with Crippen LogP contribution >= 0.6 is 15.6 Å². The highest BCUT2D eigenvalue weighted by Crippen LogP contribution is 2.60. The highest BCUT2D eigenvalue weighted by atomic mass is 31.3. The molecule has 20 heteroatoms. The van der Waals surface area contributed by atoms with Crippen molar-refractivity contribution in [2.24, 2.45) is 0 Å². The Hall–Kier alpha value is -1.63. The van der Waals surface area contributed by atoms with Crippen LogP contribution < -0.4 is 5.73 Å². The molecule has 3 unspecified atom stereocenters. The van der Waals surface area contributed by atoms with Gasteiger partial charge in [-0.2, -0.15) is 4.31 Å². The fourth-order valence-corrected chi connectivity index (χ4v) is 5.59. The smallest absolute Gasteiger partial charge is 0.390 e. The molecule has 9 atom stereocenters. The summed E-state index contributed by atoms with van der Waals surface area (Å²) in [5.74, 6) is 0.141. The molecule has 2 fully saturated rings. The minimum absolute atomic E-state index is 0.0308. The van der Waals surface area contributed by atoms with Crippen LogP contribution in [-0.4, -0.2) is 99.8 Å². The summed E-state index contributed by atoms with van der Waals surface area (Å²) < 4.78 is 49.3. The van der Waals surface area contributed by atoms with E-state index in [9.17, 15) is 39.3 Å². The van der Waals surface area contributed by atoms with Crippen molar-refractivity contribution in [3.8, 4) is 0 Å². The van der Waals surface area contributed by atoms with E-state index in [0.29, 0.717) is 11.2 Å². The lowest BCUT2D eigenvalue weighted by Gasteiger charge is -2.20. The number of nitrogens with two attached hydrogens (primary N) is 1. The molecule has 0 amide bonds. The summed E-state index contributed by atoms with van der Waals surface area (Å²) in [6.07, 6.45) is -6.95. The zero-order chi connectivity index (χ0) is 25.5. The molecule has 196 valence electrons. The molecule has 18 nitrogen and oxygen atoms in total. The van der Waals surface area contributed by atoms with Gasteiger partial charge in [-0.3, -0.25) is 13.6 Å². The van der Waals surface area contributed by atoms with Crippen molar-refractivity contribution in [1.82, 2.24) is 19.5 Å². The van der Waals surface area contributed by atoms with Crippen molar-refractivity contribution in [3.05, 3.63) is 12.7 Å². The molecule has 0 spiro atoms. The lowest BCUT2D eigenvalue weighted by molar-refractivity contribution is -0.132. The van der Waals surface area contributed by atoms with Crippen molar-refractivity contribution < 1.29 is 62.2 Å². The molecule has 0 bridgehead atoms. The zero-order valence-corrected chi connectivity index (χ0v) is 19.4. The van der Waals surface area contributed by atoms with Crippen LogP contribution in [0.5, 0.6) is 0 Å². The first-order valence-electron chi connectivity index (χ1n) is 9.99. The molecule has 0 aliphatic carbocycles. The minimum atomic E-state index is -5.23. The summed E-state index contributed by atoms with van der Waals surface area (Å²) in [4.78, 5) is 31.5. The number of hydrogen-bond acceptors (Lipinski definition) is 15. The number of hydrogen-bond donors (Lipinski definition) is 7. The van der Waals surface area contributed by atoms with Crippen LogP contribution in [0.3, 0.4) is 0 Å². The van der Waals surface area contributed by atoms with E-state index in [1.165, 1.54) is 17.2 Å².